The topological polar surface area (TPSA) is 84.0 Å². The van der Waals surface area contributed by atoms with Gasteiger partial charge in [-0.15, -0.1) is 10.2 Å². The molecule has 0 unspecified atom stereocenters. The van der Waals surface area contributed by atoms with E-state index in [-0.39, 0.29) is 11.7 Å². The van der Waals surface area contributed by atoms with Crippen molar-refractivity contribution < 1.29 is 9.59 Å². The average Bonchev–Trinajstić information content (AvgIpc) is 2.64. The summed E-state index contributed by atoms with van der Waals surface area (Å²) < 4.78 is 0. The highest BCUT2D eigenvalue weighted by atomic mass is 35.5. The zero-order valence-electron chi connectivity index (χ0n) is 13.9. The van der Waals surface area contributed by atoms with Crippen LogP contribution in [-0.2, 0) is 0 Å². The molecule has 2 N–H and O–H groups in total. The number of anilines is 3. The van der Waals surface area contributed by atoms with Gasteiger partial charge < -0.3 is 10.6 Å². The third-order valence-electron chi connectivity index (χ3n) is 3.59. The molecule has 0 aliphatic heterocycles. The molecule has 26 heavy (non-hydrogen) atoms. The molecule has 0 spiro atoms. The third kappa shape index (κ3) is 4.23. The fourth-order valence-electron chi connectivity index (χ4n) is 2.23. The monoisotopic (exact) mass is 366 g/mol. The molecule has 0 aliphatic carbocycles. The van der Waals surface area contributed by atoms with Crippen LogP contribution in [0.2, 0.25) is 5.02 Å². The molecule has 0 radical (unpaired) electrons. The van der Waals surface area contributed by atoms with Gasteiger partial charge in [0, 0.05) is 11.3 Å². The van der Waals surface area contributed by atoms with Gasteiger partial charge in [0.2, 0.25) is 0 Å². The smallest absolute Gasteiger partial charge is 0.258 e. The van der Waals surface area contributed by atoms with Crippen LogP contribution < -0.4 is 10.6 Å². The molecule has 0 saturated carbocycles. The van der Waals surface area contributed by atoms with Crippen LogP contribution >= 0.6 is 11.6 Å². The molecular weight excluding hydrogens is 352 g/mol. The van der Waals surface area contributed by atoms with Crippen LogP contribution in [0.5, 0.6) is 0 Å². The minimum Gasteiger partial charge on any atom is -0.339 e. The Morgan fingerprint density at radius 2 is 1.54 bits per heavy atom. The summed E-state index contributed by atoms with van der Waals surface area (Å²) >= 11 is 6.00. The molecule has 0 saturated heterocycles. The maximum atomic E-state index is 12.2. The second-order valence-corrected chi connectivity index (χ2v) is 5.90. The summed E-state index contributed by atoms with van der Waals surface area (Å²) in [4.78, 5) is 23.5. The number of rotatable bonds is 5. The van der Waals surface area contributed by atoms with Gasteiger partial charge in [0.05, 0.1) is 10.6 Å². The van der Waals surface area contributed by atoms with E-state index in [1.54, 1.807) is 60.7 Å². The van der Waals surface area contributed by atoms with Crippen LogP contribution in [0.15, 0.2) is 60.7 Å². The van der Waals surface area contributed by atoms with Crippen molar-refractivity contribution in [3.05, 3.63) is 76.8 Å². The van der Waals surface area contributed by atoms with Crippen molar-refractivity contribution in [3.63, 3.8) is 0 Å². The van der Waals surface area contributed by atoms with Gasteiger partial charge in [-0.1, -0.05) is 23.7 Å². The van der Waals surface area contributed by atoms with Gasteiger partial charge in [-0.2, -0.15) is 0 Å². The Balaban J connectivity index is 1.66. The lowest BCUT2D eigenvalue weighted by Crippen LogP contribution is -2.14. The fraction of sp³-hybridized carbons (Fsp3) is 0.0526. The van der Waals surface area contributed by atoms with Gasteiger partial charge in [0.1, 0.15) is 0 Å². The Labute approximate surface area is 155 Å². The standard InChI is InChI=1S/C19H15ClN4O2/c1-12(25)13-6-8-14(9-7-13)21-17-10-11-18(24-23-17)22-19(26)15-4-2-3-5-16(15)20/h2-11H,1H3,(H,21,23)(H,22,24,26). The number of carbonyl (C=O) groups excluding carboxylic acids is 2. The van der Waals surface area contributed by atoms with E-state index in [0.29, 0.717) is 27.8 Å². The zero-order chi connectivity index (χ0) is 18.5. The third-order valence-corrected chi connectivity index (χ3v) is 3.92. The average molecular weight is 367 g/mol. The molecule has 3 aromatic rings. The summed E-state index contributed by atoms with van der Waals surface area (Å²) in [7, 11) is 0. The van der Waals surface area contributed by atoms with Crippen molar-refractivity contribution in [1.29, 1.82) is 0 Å². The lowest BCUT2D eigenvalue weighted by atomic mass is 10.1. The normalized spacial score (nSPS) is 10.2. The van der Waals surface area contributed by atoms with E-state index in [2.05, 4.69) is 20.8 Å². The summed E-state index contributed by atoms with van der Waals surface area (Å²) in [6, 6.07) is 17.1. The molecule has 1 amide bonds. The first-order valence-corrected chi connectivity index (χ1v) is 8.18. The lowest BCUT2D eigenvalue weighted by molar-refractivity contribution is 0.101. The molecule has 130 valence electrons. The predicted octanol–water partition coefficient (Wildman–Crippen LogP) is 4.33. The molecular formula is C19H15ClN4O2. The van der Waals surface area contributed by atoms with E-state index in [9.17, 15) is 9.59 Å². The number of nitrogens with zero attached hydrogens (tertiary/aromatic N) is 2. The Bertz CT molecular complexity index is 941. The van der Waals surface area contributed by atoms with E-state index in [4.69, 9.17) is 11.6 Å². The first kappa shape index (κ1) is 17.6. The maximum absolute atomic E-state index is 12.2. The highest BCUT2D eigenvalue weighted by Crippen LogP contribution is 2.18. The number of halogens is 1. The molecule has 6 nitrogen and oxygen atoms in total. The summed E-state index contributed by atoms with van der Waals surface area (Å²) in [6.07, 6.45) is 0. The van der Waals surface area contributed by atoms with E-state index in [1.807, 2.05) is 0 Å². The molecule has 3 rings (SSSR count). The van der Waals surface area contributed by atoms with Crippen LogP contribution in [0, 0.1) is 0 Å². The highest BCUT2D eigenvalue weighted by Gasteiger charge is 2.10. The Hall–Kier alpha value is -3.25. The van der Waals surface area contributed by atoms with Gasteiger partial charge in [0.15, 0.2) is 17.4 Å². The second-order valence-electron chi connectivity index (χ2n) is 5.50. The molecule has 1 aromatic heterocycles. The van der Waals surface area contributed by atoms with Crippen molar-refractivity contribution in [2.75, 3.05) is 10.6 Å². The zero-order valence-corrected chi connectivity index (χ0v) is 14.6. The van der Waals surface area contributed by atoms with Crippen LogP contribution in [0.1, 0.15) is 27.6 Å². The number of amides is 1. The minimum atomic E-state index is -0.356. The van der Waals surface area contributed by atoms with E-state index >= 15 is 0 Å². The quantitative estimate of drug-likeness (QED) is 0.656. The van der Waals surface area contributed by atoms with Crippen LogP contribution in [-0.4, -0.2) is 21.9 Å². The van der Waals surface area contributed by atoms with Gasteiger partial charge in [-0.05, 0) is 55.5 Å². The first-order chi connectivity index (χ1) is 12.5. The summed E-state index contributed by atoms with van der Waals surface area (Å²) in [6.45, 7) is 1.52. The number of hydrogen-bond donors (Lipinski definition) is 2. The predicted molar refractivity (Wildman–Crippen MR) is 101 cm³/mol. The number of carbonyl (C=O) groups is 2. The number of ketones is 1. The van der Waals surface area contributed by atoms with Crippen LogP contribution in [0.4, 0.5) is 17.3 Å². The van der Waals surface area contributed by atoms with E-state index < -0.39 is 0 Å². The van der Waals surface area contributed by atoms with E-state index in [1.165, 1.54) is 6.92 Å². The van der Waals surface area contributed by atoms with Gasteiger partial charge in [0.25, 0.3) is 5.91 Å². The largest absolute Gasteiger partial charge is 0.339 e. The van der Waals surface area contributed by atoms with Gasteiger partial charge in [-0.25, -0.2) is 0 Å². The molecule has 7 heteroatoms. The van der Waals surface area contributed by atoms with Crippen LogP contribution in [0.3, 0.4) is 0 Å². The summed E-state index contributed by atoms with van der Waals surface area (Å²) in [5.41, 5.74) is 1.78. The molecule has 0 bridgehead atoms. The maximum Gasteiger partial charge on any atom is 0.258 e. The van der Waals surface area contributed by atoms with Crippen molar-refractivity contribution in [1.82, 2.24) is 10.2 Å². The molecule has 1 heterocycles. The van der Waals surface area contributed by atoms with Crippen molar-refractivity contribution >= 4 is 40.6 Å². The Morgan fingerprint density at radius 3 is 2.15 bits per heavy atom. The number of nitrogens with one attached hydrogen (secondary N) is 2. The minimum absolute atomic E-state index is 0.00922. The first-order valence-electron chi connectivity index (χ1n) is 7.80. The Kier molecular flexibility index (Phi) is 5.24. The van der Waals surface area contributed by atoms with Crippen molar-refractivity contribution in [2.24, 2.45) is 0 Å². The summed E-state index contributed by atoms with van der Waals surface area (Å²) in [5, 5.41) is 14.1. The van der Waals surface area contributed by atoms with Crippen molar-refractivity contribution in [3.8, 4) is 0 Å². The van der Waals surface area contributed by atoms with Gasteiger partial charge in [-0.3, -0.25) is 9.59 Å². The highest BCUT2D eigenvalue weighted by molar-refractivity contribution is 6.34. The lowest BCUT2D eigenvalue weighted by Gasteiger charge is -2.08. The molecule has 2 aromatic carbocycles. The molecule has 0 aliphatic rings. The summed E-state index contributed by atoms with van der Waals surface area (Å²) in [5.74, 6) is 0.476. The molecule has 0 atom stereocenters. The second kappa shape index (κ2) is 7.76. The molecule has 0 fully saturated rings. The Morgan fingerprint density at radius 1 is 0.885 bits per heavy atom. The number of benzene rings is 2. The fourth-order valence-corrected chi connectivity index (χ4v) is 2.45. The van der Waals surface area contributed by atoms with Crippen molar-refractivity contribution in [2.45, 2.75) is 6.92 Å². The van der Waals surface area contributed by atoms with Gasteiger partial charge >= 0.3 is 0 Å². The van der Waals surface area contributed by atoms with E-state index in [0.717, 1.165) is 5.69 Å². The number of hydrogen-bond acceptors (Lipinski definition) is 5. The van der Waals surface area contributed by atoms with Crippen LogP contribution in [0.25, 0.3) is 0 Å². The number of Topliss-reactive ketones (excluding diaryl/α,β-unsaturated/α-hetero) is 1. The SMILES string of the molecule is CC(=O)c1ccc(Nc2ccc(NC(=O)c3ccccc3Cl)nn2)cc1. The number of aromatic nitrogens is 2.